The Morgan fingerprint density at radius 2 is 1.51 bits per heavy atom. The third-order valence-electron chi connectivity index (χ3n) is 10.8. The lowest BCUT2D eigenvalue weighted by Gasteiger charge is -2.48. The summed E-state index contributed by atoms with van der Waals surface area (Å²) in [6, 6.07) is 6.62. The van der Waals surface area contributed by atoms with Crippen molar-refractivity contribution in [3.05, 3.63) is 0 Å². The zero-order valence-corrected chi connectivity index (χ0v) is 33.4. The summed E-state index contributed by atoms with van der Waals surface area (Å²) < 4.78 is 26.9. The number of hydrogen-bond donors (Lipinski definition) is 1. The standard InChI is InChI=1S/C34H67NO5Si3/c1-16-34(36,24-23-25-42(17-2,18-3)19-4)30(27-37-41(14,15)33(9,10)11)39-31-26-29(32(35(12)13)28(8)38-31)40-43(20-5,21-6)22-7/h1,28-32,36H,17-22,24,26-27H2,2-15H3/t28-,29-,30+,31-,32+,34+/m0/s1. The fourth-order valence-electron chi connectivity index (χ4n) is 5.90. The predicted octanol–water partition coefficient (Wildman–Crippen LogP) is 7.65. The summed E-state index contributed by atoms with van der Waals surface area (Å²) in [5.41, 5.74) is 1.99. The summed E-state index contributed by atoms with van der Waals surface area (Å²) in [5, 5.41) is 12.0. The minimum absolute atomic E-state index is 0.00231. The summed E-state index contributed by atoms with van der Waals surface area (Å²) in [6.45, 7) is 26.8. The molecule has 43 heavy (non-hydrogen) atoms. The first-order valence-corrected chi connectivity index (χ1v) is 24.9. The molecule has 0 aromatic heterocycles. The Hall–Kier alpha value is -0.469. The maximum Gasteiger partial charge on any atom is 0.192 e. The Morgan fingerprint density at radius 3 is 1.93 bits per heavy atom. The molecule has 1 aliphatic heterocycles. The van der Waals surface area contributed by atoms with E-state index in [4.69, 9.17) is 24.7 Å². The summed E-state index contributed by atoms with van der Waals surface area (Å²) in [4.78, 5) is 2.21. The molecule has 0 aliphatic carbocycles. The predicted molar refractivity (Wildman–Crippen MR) is 190 cm³/mol. The number of likely N-dealkylation sites (N-methyl/N-ethyl adjacent to an activating group) is 1. The SMILES string of the molecule is C#C[C@@](O)(CC#C[Si](CC)(CC)CC)[C@@H](CO[Si](C)(C)C(C)(C)C)O[C@H]1C[C@H](O[Si](CC)(CC)CC)[C@H](N(C)C)[C@H](C)O1. The smallest absolute Gasteiger partial charge is 0.192 e. The number of hydrogen-bond acceptors (Lipinski definition) is 6. The second-order valence-electron chi connectivity index (χ2n) is 14.4. The molecular formula is C34H67NO5Si3. The van der Waals surface area contributed by atoms with Crippen LogP contribution < -0.4 is 0 Å². The van der Waals surface area contributed by atoms with E-state index in [9.17, 15) is 5.11 Å². The highest BCUT2D eigenvalue weighted by molar-refractivity contribution is 6.87. The highest BCUT2D eigenvalue weighted by Gasteiger charge is 2.47. The number of rotatable bonds is 16. The molecule has 0 saturated carbocycles. The molecule has 9 heteroatoms. The van der Waals surface area contributed by atoms with Crippen molar-refractivity contribution < 1.29 is 23.4 Å². The fraction of sp³-hybridized carbons (Fsp3) is 0.882. The van der Waals surface area contributed by atoms with E-state index in [1.807, 2.05) is 0 Å². The van der Waals surface area contributed by atoms with Crippen molar-refractivity contribution in [2.75, 3.05) is 20.7 Å². The quantitative estimate of drug-likeness (QED) is 0.136. The maximum atomic E-state index is 12.0. The lowest BCUT2D eigenvalue weighted by atomic mass is 9.93. The van der Waals surface area contributed by atoms with Crippen molar-refractivity contribution in [1.29, 1.82) is 0 Å². The average molecular weight is 654 g/mol. The molecule has 1 aliphatic rings. The zero-order valence-electron chi connectivity index (χ0n) is 30.4. The van der Waals surface area contributed by atoms with Gasteiger partial charge in [0, 0.05) is 6.42 Å². The molecular weight excluding hydrogens is 587 g/mol. The highest BCUT2D eigenvalue weighted by Crippen LogP contribution is 2.38. The number of aliphatic hydroxyl groups is 1. The Morgan fingerprint density at radius 1 is 0.977 bits per heavy atom. The Kier molecular flexibility index (Phi) is 15.9. The van der Waals surface area contributed by atoms with Crippen LogP contribution in [0.1, 0.15) is 82.1 Å². The lowest BCUT2D eigenvalue weighted by Crippen LogP contribution is -2.59. The van der Waals surface area contributed by atoms with Crippen LogP contribution in [-0.2, 0) is 18.3 Å². The van der Waals surface area contributed by atoms with Gasteiger partial charge in [-0.15, -0.1) is 17.9 Å². The summed E-state index contributed by atoms with van der Waals surface area (Å²) in [7, 11) is -1.57. The number of nitrogens with zero attached hydrogens (tertiary/aromatic N) is 1. The molecule has 0 amide bonds. The van der Waals surface area contributed by atoms with Crippen LogP contribution in [0.4, 0.5) is 0 Å². The lowest BCUT2D eigenvalue weighted by molar-refractivity contribution is -0.265. The largest absolute Gasteiger partial charge is 0.414 e. The van der Waals surface area contributed by atoms with E-state index in [1.54, 1.807) is 0 Å². The summed E-state index contributed by atoms with van der Waals surface area (Å²) in [6.07, 6.45) is 5.27. The van der Waals surface area contributed by atoms with Gasteiger partial charge in [0.05, 0.1) is 31.3 Å². The van der Waals surface area contributed by atoms with Gasteiger partial charge in [0.25, 0.3) is 0 Å². The van der Waals surface area contributed by atoms with Gasteiger partial charge in [0.1, 0.15) is 14.2 Å². The first kappa shape index (κ1) is 40.6. The molecule has 1 rings (SSSR count). The van der Waals surface area contributed by atoms with E-state index < -0.39 is 42.7 Å². The van der Waals surface area contributed by atoms with Gasteiger partial charge in [-0.25, -0.2) is 0 Å². The minimum Gasteiger partial charge on any atom is -0.414 e. The molecule has 1 saturated heterocycles. The van der Waals surface area contributed by atoms with E-state index >= 15 is 0 Å². The van der Waals surface area contributed by atoms with Gasteiger partial charge in [-0.1, -0.05) is 68.2 Å². The molecule has 250 valence electrons. The number of ether oxygens (including phenoxy) is 2. The highest BCUT2D eigenvalue weighted by atomic mass is 28.4. The molecule has 0 spiro atoms. The van der Waals surface area contributed by atoms with E-state index in [0.717, 1.165) is 36.3 Å². The first-order valence-electron chi connectivity index (χ1n) is 16.9. The van der Waals surface area contributed by atoms with Crippen LogP contribution in [-0.4, -0.2) is 91.7 Å². The van der Waals surface area contributed by atoms with Crippen molar-refractivity contribution in [3.8, 4) is 23.8 Å². The van der Waals surface area contributed by atoms with Gasteiger partial charge < -0.3 is 28.3 Å². The molecule has 0 bridgehead atoms. The number of terminal acetylenes is 1. The van der Waals surface area contributed by atoms with E-state index in [0.29, 0.717) is 6.42 Å². The second-order valence-corrected chi connectivity index (χ2v) is 28.9. The van der Waals surface area contributed by atoms with Crippen LogP contribution in [0, 0.1) is 23.8 Å². The molecule has 6 nitrogen and oxygen atoms in total. The zero-order chi connectivity index (χ0) is 33.3. The molecule has 0 radical (unpaired) electrons. The van der Waals surface area contributed by atoms with Gasteiger partial charge >= 0.3 is 0 Å². The van der Waals surface area contributed by atoms with Crippen molar-refractivity contribution in [1.82, 2.24) is 4.90 Å². The molecule has 0 aromatic carbocycles. The first-order chi connectivity index (χ1) is 19.9. The third kappa shape index (κ3) is 10.5. The topological polar surface area (TPSA) is 60.4 Å². The van der Waals surface area contributed by atoms with Gasteiger partial charge in [-0.05, 0) is 75.4 Å². The average Bonchev–Trinajstić information content (AvgIpc) is 2.95. The molecule has 1 heterocycles. The Bertz CT molecular complexity index is 926. The van der Waals surface area contributed by atoms with Crippen molar-refractivity contribution in [2.45, 2.75) is 173 Å². The van der Waals surface area contributed by atoms with Gasteiger partial charge in [-0.2, -0.15) is 0 Å². The van der Waals surface area contributed by atoms with Crippen LogP contribution in [0.15, 0.2) is 0 Å². The van der Waals surface area contributed by atoms with Gasteiger partial charge in [0.2, 0.25) is 0 Å². The molecule has 1 fully saturated rings. The minimum atomic E-state index is -2.16. The van der Waals surface area contributed by atoms with Crippen LogP contribution in [0.5, 0.6) is 0 Å². The van der Waals surface area contributed by atoms with Crippen molar-refractivity contribution >= 4 is 24.7 Å². The summed E-state index contributed by atoms with van der Waals surface area (Å²) in [5.74, 6) is 6.03. The van der Waals surface area contributed by atoms with Crippen molar-refractivity contribution in [3.63, 3.8) is 0 Å². The molecule has 0 unspecified atom stereocenters. The second kappa shape index (κ2) is 16.9. The van der Waals surface area contributed by atoms with Crippen LogP contribution in [0.25, 0.3) is 0 Å². The van der Waals surface area contributed by atoms with E-state index in [-0.39, 0.29) is 36.3 Å². The van der Waals surface area contributed by atoms with Crippen LogP contribution >= 0.6 is 0 Å². The normalized spacial score (nSPS) is 24.2. The molecule has 0 aromatic rings. The Labute approximate surface area is 269 Å². The van der Waals surface area contributed by atoms with Gasteiger partial charge in [0.15, 0.2) is 28.5 Å². The monoisotopic (exact) mass is 653 g/mol. The third-order valence-corrected chi connectivity index (χ3v) is 24.8. The van der Waals surface area contributed by atoms with E-state index in [1.165, 1.54) is 0 Å². The van der Waals surface area contributed by atoms with Crippen LogP contribution in [0.2, 0.25) is 54.4 Å². The molecule has 6 atom stereocenters. The van der Waals surface area contributed by atoms with Crippen molar-refractivity contribution in [2.24, 2.45) is 0 Å². The summed E-state index contributed by atoms with van der Waals surface area (Å²) >= 11 is 0. The van der Waals surface area contributed by atoms with E-state index in [2.05, 4.69) is 119 Å². The molecule has 1 N–H and O–H groups in total. The maximum absolute atomic E-state index is 12.0. The van der Waals surface area contributed by atoms with Crippen LogP contribution in [0.3, 0.4) is 0 Å². The van der Waals surface area contributed by atoms with Gasteiger partial charge in [-0.3, -0.25) is 0 Å². The fourth-order valence-corrected chi connectivity index (χ4v) is 12.3. The Balaban J connectivity index is 3.47.